The van der Waals surface area contributed by atoms with Crippen LogP contribution in [0.2, 0.25) is 0 Å². The first kappa shape index (κ1) is 17.4. The van der Waals surface area contributed by atoms with Crippen LogP contribution in [-0.2, 0) is 10.0 Å². The summed E-state index contributed by atoms with van der Waals surface area (Å²) in [5.41, 5.74) is 0.474. The van der Waals surface area contributed by atoms with Gasteiger partial charge in [0.25, 0.3) is 5.91 Å². The second-order valence-electron chi connectivity index (χ2n) is 6.10. The van der Waals surface area contributed by atoms with Gasteiger partial charge >= 0.3 is 0 Å². The fourth-order valence-corrected chi connectivity index (χ4v) is 4.26. The molecule has 3 rings (SSSR count). The van der Waals surface area contributed by atoms with Crippen molar-refractivity contribution < 1.29 is 18.3 Å². The Labute approximate surface area is 146 Å². The second-order valence-corrected chi connectivity index (χ2v) is 7.82. The van der Waals surface area contributed by atoms with Gasteiger partial charge in [-0.3, -0.25) is 4.79 Å². The molecule has 7 heteroatoms. The molecule has 1 aliphatic rings. The Morgan fingerprint density at radius 3 is 2.48 bits per heavy atom. The summed E-state index contributed by atoms with van der Waals surface area (Å²) < 4.78 is 27.7. The minimum absolute atomic E-state index is 0.0382. The van der Waals surface area contributed by atoms with Gasteiger partial charge in [-0.05, 0) is 43.2 Å². The minimum atomic E-state index is -3.66. The van der Waals surface area contributed by atoms with Gasteiger partial charge in [-0.1, -0.05) is 31.0 Å². The predicted octanol–water partition coefficient (Wildman–Crippen LogP) is 2.87. The molecule has 0 unspecified atom stereocenters. The third-order valence-corrected chi connectivity index (χ3v) is 5.75. The van der Waals surface area contributed by atoms with Crippen LogP contribution in [0.25, 0.3) is 0 Å². The lowest BCUT2D eigenvalue weighted by molar-refractivity contribution is 0.102. The van der Waals surface area contributed by atoms with E-state index in [4.69, 9.17) is 0 Å². The maximum Gasteiger partial charge on any atom is 0.255 e. The smallest absolute Gasteiger partial charge is 0.255 e. The summed E-state index contributed by atoms with van der Waals surface area (Å²) in [6.45, 7) is 0. The number of aromatic hydroxyl groups is 1. The second kappa shape index (κ2) is 7.25. The normalized spacial score (nSPS) is 15.2. The largest absolute Gasteiger partial charge is 0.506 e. The Morgan fingerprint density at radius 1 is 1.04 bits per heavy atom. The fraction of sp³-hybridized carbons (Fsp3) is 0.278. The number of carbonyl (C=O) groups is 1. The highest BCUT2D eigenvalue weighted by Gasteiger charge is 2.23. The van der Waals surface area contributed by atoms with E-state index in [1.807, 2.05) is 0 Å². The lowest BCUT2D eigenvalue weighted by Gasteiger charge is -2.13. The van der Waals surface area contributed by atoms with Gasteiger partial charge in [0.1, 0.15) is 5.75 Å². The van der Waals surface area contributed by atoms with E-state index in [0.717, 1.165) is 25.7 Å². The molecule has 3 N–H and O–H groups in total. The number of amides is 1. The van der Waals surface area contributed by atoms with Crippen molar-refractivity contribution in [3.05, 3.63) is 54.1 Å². The molecule has 0 saturated heterocycles. The number of sulfonamides is 1. The minimum Gasteiger partial charge on any atom is -0.506 e. The molecular formula is C18H20N2O4S. The standard InChI is InChI=1S/C18H20N2O4S/c21-17-11-4-3-10-16(17)19-18(22)13-6-5-9-15(12-13)25(23,24)20-14-7-1-2-8-14/h3-6,9-12,14,20-21H,1-2,7-8H2,(H,19,22). The quantitative estimate of drug-likeness (QED) is 0.715. The van der Waals surface area contributed by atoms with Crippen LogP contribution in [0.4, 0.5) is 5.69 Å². The van der Waals surface area contributed by atoms with E-state index >= 15 is 0 Å². The number of anilines is 1. The first-order valence-corrected chi connectivity index (χ1v) is 9.66. The molecule has 0 aliphatic heterocycles. The number of phenols is 1. The summed E-state index contributed by atoms with van der Waals surface area (Å²) >= 11 is 0. The predicted molar refractivity (Wildman–Crippen MR) is 95.1 cm³/mol. The summed E-state index contributed by atoms with van der Waals surface area (Å²) in [4.78, 5) is 12.4. The highest BCUT2D eigenvalue weighted by atomic mass is 32.2. The Morgan fingerprint density at radius 2 is 1.76 bits per heavy atom. The third-order valence-electron chi connectivity index (χ3n) is 4.24. The monoisotopic (exact) mass is 360 g/mol. The van der Waals surface area contributed by atoms with Crippen molar-refractivity contribution in [1.82, 2.24) is 4.72 Å². The Kier molecular flexibility index (Phi) is 5.06. The van der Waals surface area contributed by atoms with Gasteiger partial charge in [-0.2, -0.15) is 0 Å². The molecule has 0 atom stereocenters. The topological polar surface area (TPSA) is 95.5 Å². The Balaban J connectivity index is 1.78. The number of hydrogen-bond acceptors (Lipinski definition) is 4. The molecule has 1 fully saturated rings. The van der Waals surface area contributed by atoms with Crippen molar-refractivity contribution in [2.45, 2.75) is 36.6 Å². The Bertz CT molecular complexity index is 874. The molecule has 0 spiro atoms. The van der Waals surface area contributed by atoms with E-state index in [1.165, 1.54) is 30.3 Å². The number of phenolic OH excluding ortho intramolecular Hbond substituents is 1. The highest BCUT2D eigenvalue weighted by molar-refractivity contribution is 7.89. The number of para-hydroxylation sites is 2. The molecule has 0 heterocycles. The van der Waals surface area contributed by atoms with E-state index in [0.29, 0.717) is 0 Å². The molecule has 2 aromatic rings. The molecule has 1 saturated carbocycles. The zero-order valence-electron chi connectivity index (χ0n) is 13.6. The molecule has 6 nitrogen and oxygen atoms in total. The maximum absolute atomic E-state index is 12.5. The Hall–Kier alpha value is -2.38. The summed E-state index contributed by atoms with van der Waals surface area (Å²) in [5.74, 6) is -0.540. The van der Waals surface area contributed by atoms with E-state index in [9.17, 15) is 18.3 Å². The number of benzene rings is 2. The van der Waals surface area contributed by atoms with Crippen molar-refractivity contribution in [2.75, 3.05) is 5.32 Å². The molecule has 0 aromatic heterocycles. The van der Waals surface area contributed by atoms with Crippen LogP contribution in [0.1, 0.15) is 36.0 Å². The van der Waals surface area contributed by atoms with Gasteiger partial charge < -0.3 is 10.4 Å². The molecular weight excluding hydrogens is 340 g/mol. The maximum atomic E-state index is 12.5. The molecule has 132 valence electrons. The van der Waals surface area contributed by atoms with Gasteiger partial charge in [0.05, 0.1) is 10.6 Å². The van der Waals surface area contributed by atoms with Gasteiger partial charge in [-0.15, -0.1) is 0 Å². The average molecular weight is 360 g/mol. The molecule has 0 radical (unpaired) electrons. The van der Waals surface area contributed by atoms with Crippen LogP contribution in [0.3, 0.4) is 0 Å². The zero-order chi connectivity index (χ0) is 17.9. The summed E-state index contributed by atoms with van der Waals surface area (Å²) in [5, 5.41) is 12.3. The van der Waals surface area contributed by atoms with Crippen LogP contribution >= 0.6 is 0 Å². The van der Waals surface area contributed by atoms with E-state index in [2.05, 4.69) is 10.0 Å². The van der Waals surface area contributed by atoms with Gasteiger partial charge in [0.2, 0.25) is 10.0 Å². The first-order valence-electron chi connectivity index (χ1n) is 8.17. The van der Waals surface area contributed by atoms with Crippen molar-refractivity contribution in [3.63, 3.8) is 0 Å². The summed E-state index contributed by atoms with van der Waals surface area (Å²) in [7, 11) is -3.66. The zero-order valence-corrected chi connectivity index (χ0v) is 14.4. The highest BCUT2D eigenvalue weighted by Crippen LogP contribution is 2.23. The number of rotatable bonds is 5. The van der Waals surface area contributed by atoms with Crippen molar-refractivity contribution >= 4 is 21.6 Å². The number of carbonyl (C=O) groups excluding carboxylic acids is 1. The summed E-state index contributed by atoms with van der Waals surface area (Å²) in [6, 6.07) is 12.2. The van der Waals surface area contributed by atoms with E-state index < -0.39 is 15.9 Å². The first-order chi connectivity index (χ1) is 12.0. The molecule has 2 aromatic carbocycles. The van der Waals surface area contributed by atoms with Crippen LogP contribution in [0, 0.1) is 0 Å². The summed E-state index contributed by atoms with van der Waals surface area (Å²) in [6.07, 6.45) is 3.73. The van der Waals surface area contributed by atoms with Gasteiger partial charge in [0, 0.05) is 11.6 Å². The fourth-order valence-electron chi connectivity index (χ4n) is 2.91. The van der Waals surface area contributed by atoms with Crippen LogP contribution in [0.15, 0.2) is 53.4 Å². The lowest BCUT2D eigenvalue weighted by atomic mass is 10.2. The number of hydrogen-bond donors (Lipinski definition) is 3. The van der Waals surface area contributed by atoms with E-state index in [1.54, 1.807) is 18.2 Å². The van der Waals surface area contributed by atoms with Crippen molar-refractivity contribution in [2.24, 2.45) is 0 Å². The average Bonchev–Trinajstić information content (AvgIpc) is 3.09. The number of nitrogens with one attached hydrogen (secondary N) is 2. The van der Waals surface area contributed by atoms with Crippen LogP contribution in [0.5, 0.6) is 5.75 Å². The molecule has 0 bridgehead atoms. The van der Waals surface area contributed by atoms with Gasteiger partial charge in [0.15, 0.2) is 0 Å². The molecule has 25 heavy (non-hydrogen) atoms. The SMILES string of the molecule is O=C(Nc1ccccc1O)c1cccc(S(=O)(=O)NC2CCCC2)c1. The third kappa shape index (κ3) is 4.18. The lowest BCUT2D eigenvalue weighted by Crippen LogP contribution is -2.32. The van der Waals surface area contributed by atoms with Crippen LogP contribution < -0.4 is 10.0 Å². The van der Waals surface area contributed by atoms with E-state index in [-0.39, 0.29) is 27.9 Å². The molecule has 1 amide bonds. The van der Waals surface area contributed by atoms with Crippen molar-refractivity contribution in [1.29, 1.82) is 0 Å². The van der Waals surface area contributed by atoms with Crippen molar-refractivity contribution in [3.8, 4) is 5.75 Å². The van der Waals surface area contributed by atoms with Crippen LogP contribution in [-0.4, -0.2) is 25.5 Å². The van der Waals surface area contributed by atoms with Gasteiger partial charge in [-0.25, -0.2) is 13.1 Å². The molecule has 1 aliphatic carbocycles.